The molecule has 3 heterocycles. The molecule has 0 bridgehead atoms. The zero-order valence-corrected chi connectivity index (χ0v) is 18.1. The summed E-state index contributed by atoms with van der Waals surface area (Å²) in [7, 11) is 1.56. The Morgan fingerprint density at radius 1 is 1.16 bits per heavy atom. The summed E-state index contributed by atoms with van der Waals surface area (Å²) in [6.45, 7) is 6.53. The molecule has 4 rings (SSSR count). The van der Waals surface area contributed by atoms with Crippen LogP contribution >= 0.6 is 0 Å². The summed E-state index contributed by atoms with van der Waals surface area (Å²) in [5, 5.41) is 4.72. The van der Waals surface area contributed by atoms with Crippen LogP contribution in [0.2, 0.25) is 0 Å². The zero-order valence-electron chi connectivity index (χ0n) is 18.1. The van der Waals surface area contributed by atoms with Crippen molar-refractivity contribution in [3.63, 3.8) is 0 Å². The molecule has 0 radical (unpaired) electrons. The molecular weight excluding hydrogens is 399 g/mol. The van der Waals surface area contributed by atoms with Gasteiger partial charge in [0.05, 0.1) is 38.1 Å². The molecule has 1 aliphatic heterocycles. The van der Waals surface area contributed by atoms with Gasteiger partial charge in [0.2, 0.25) is 5.88 Å². The number of amides is 1. The lowest BCUT2D eigenvalue weighted by atomic mass is 10.1. The molecule has 7 nitrogen and oxygen atoms in total. The number of carbonyl (C=O) groups is 1. The number of rotatable bonds is 4. The van der Waals surface area contributed by atoms with Crippen molar-refractivity contribution in [2.24, 2.45) is 0 Å². The lowest BCUT2D eigenvalue weighted by molar-refractivity contribution is 0.0239. The smallest absolute Gasteiger partial charge is 0.410 e. The van der Waals surface area contributed by atoms with Crippen molar-refractivity contribution >= 4 is 6.09 Å². The van der Waals surface area contributed by atoms with E-state index in [1.807, 2.05) is 26.8 Å². The van der Waals surface area contributed by atoms with Crippen molar-refractivity contribution < 1.29 is 18.7 Å². The van der Waals surface area contributed by atoms with Crippen LogP contribution in [0.5, 0.6) is 5.88 Å². The molecule has 3 aromatic rings. The van der Waals surface area contributed by atoms with E-state index in [0.717, 1.165) is 16.8 Å². The number of pyridine rings is 1. The Labute approximate surface area is 180 Å². The number of aromatic nitrogens is 3. The normalized spacial score (nSPS) is 13.3. The van der Waals surface area contributed by atoms with Crippen molar-refractivity contribution in [3.05, 3.63) is 65.2 Å². The number of ether oxygens (including phenoxy) is 2. The van der Waals surface area contributed by atoms with Gasteiger partial charge in [-0.05, 0) is 38.5 Å². The number of fused-ring (bicyclic) bond motifs is 1. The Bertz CT molecular complexity index is 1100. The molecule has 1 aliphatic rings. The highest BCUT2D eigenvalue weighted by Crippen LogP contribution is 2.35. The highest BCUT2D eigenvalue weighted by atomic mass is 19.1. The van der Waals surface area contributed by atoms with Crippen LogP contribution in [-0.4, -0.2) is 38.5 Å². The molecule has 0 atom stereocenters. The maximum atomic E-state index is 14.7. The van der Waals surface area contributed by atoms with Crippen LogP contribution in [0, 0.1) is 5.82 Å². The van der Waals surface area contributed by atoms with Crippen LogP contribution in [0.4, 0.5) is 9.18 Å². The van der Waals surface area contributed by atoms with Gasteiger partial charge in [-0.15, -0.1) is 0 Å². The predicted octanol–water partition coefficient (Wildman–Crippen LogP) is 4.39. The van der Waals surface area contributed by atoms with E-state index in [9.17, 15) is 9.18 Å². The van der Waals surface area contributed by atoms with E-state index >= 15 is 0 Å². The summed E-state index contributed by atoms with van der Waals surface area (Å²) in [4.78, 5) is 18.4. The maximum absolute atomic E-state index is 14.7. The molecule has 162 valence electrons. The quantitative estimate of drug-likeness (QED) is 0.621. The molecule has 8 heteroatoms. The third-order valence-electron chi connectivity index (χ3n) is 4.94. The monoisotopic (exact) mass is 424 g/mol. The van der Waals surface area contributed by atoms with E-state index < -0.39 is 11.7 Å². The average molecular weight is 424 g/mol. The topological polar surface area (TPSA) is 69.5 Å². The van der Waals surface area contributed by atoms with Gasteiger partial charge in [-0.25, -0.2) is 14.2 Å². The van der Waals surface area contributed by atoms with Gasteiger partial charge in [0, 0.05) is 23.4 Å². The number of carbonyl (C=O) groups excluding carboxylic acids is 1. The molecule has 0 aliphatic carbocycles. The number of nitrogens with zero attached hydrogens (tertiary/aromatic N) is 4. The summed E-state index contributed by atoms with van der Waals surface area (Å²) < 4.78 is 27.1. The van der Waals surface area contributed by atoms with Crippen molar-refractivity contribution in [1.82, 2.24) is 19.7 Å². The van der Waals surface area contributed by atoms with E-state index in [4.69, 9.17) is 14.6 Å². The molecule has 31 heavy (non-hydrogen) atoms. The molecule has 0 fully saturated rings. The van der Waals surface area contributed by atoms with Crippen LogP contribution in [0.1, 0.15) is 37.6 Å². The van der Waals surface area contributed by atoms with Gasteiger partial charge in [0.1, 0.15) is 11.4 Å². The number of methoxy groups -OCH3 is 1. The van der Waals surface area contributed by atoms with Crippen molar-refractivity contribution in [2.45, 2.75) is 46.0 Å². The van der Waals surface area contributed by atoms with Gasteiger partial charge >= 0.3 is 6.09 Å². The van der Waals surface area contributed by atoms with E-state index in [1.165, 1.54) is 6.07 Å². The van der Waals surface area contributed by atoms with Gasteiger partial charge in [-0.2, -0.15) is 5.10 Å². The fourth-order valence-electron chi connectivity index (χ4n) is 3.59. The molecule has 1 aromatic carbocycles. The Morgan fingerprint density at radius 2 is 1.94 bits per heavy atom. The van der Waals surface area contributed by atoms with E-state index in [2.05, 4.69) is 4.98 Å². The lowest BCUT2D eigenvalue weighted by Crippen LogP contribution is -2.33. The minimum Gasteiger partial charge on any atom is -0.481 e. The molecule has 0 N–H and O–H groups in total. The summed E-state index contributed by atoms with van der Waals surface area (Å²) in [5.41, 5.74) is 3.00. The van der Waals surface area contributed by atoms with Crippen LogP contribution in [0.3, 0.4) is 0 Å². The maximum Gasteiger partial charge on any atom is 0.410 e. The molecule has 0 saturated carbocycles. The molecule has 1 amide bonds. The highest BCUT2D eigenvalue weighted by Gasteiger charge is 2.33. The lowest BCUT2D eigenvalue weighted by Gasteiger charge is -2.24. The fourth-order valence-corrected chi connectivity index (χ4v) is 3.59. The summed E-state index contributed by atoms with van der Waals surface area (Å²) in [6.07, 6.45) is 1.31. The van der Waals surface area contributed by atoms with Crippen LogP contribution in [0.15, 0.2) is 42.6 Å². The number of halogens is 1. The highest BCUT2D eigenvalue weighted by molar-refractivity contribution is 5.72. The summed E-state index contributed by atoms with van der Waals surface area (Å²) in [5.74, 6) is 0.184. The largest absolute Gasteiger partial charge is 0.481 e. The molecule has 0 saturated heterocycles. The van der Waals surface area contributed by atoms with Crippen LogP contribution in [0.25, 0.3) is 11.3 Å². The van der Waals surface area contributed by atoms with E-state index in [0.29, 0.717) is 36.8 Å². The summed E-state index contributed by atoms with van der Waals surface area (Å²) in [6, 6.07) is 10.3. The second kappa shape index (κ2) is 8.02. The fraction of sp³-hybridized carbons (Fsp3) is 0.348. The standard InChI is InChI=1S/C23H25FN4O3/c1-23(2,3)31-22(29)27-13-17-19(14-27)26-28(12-15-9-10-20(30-4)25-11-15)21(17)16-7-5-6-8-18(16)24/h5-11H,12-14H2,1-4H3. The Morgan fingerprint density at radius 3 is 2.58 bits per heavy atom. The number of hydrogen-bond donors (Lipinski definition) is 0. The SMILES string of the molecule is COc1ccc(Cn2nc3c(c2-c2ccccc2F)CN(C(=O)OC(C)(C)C)C3)cn1. The van der Waals surface area contributed by atoms with E-state index in [-0.39, 0.29) is 5.82 Å². The number of hydrogen-bond acceptors (Lipinski definition) is 5. The molecule has 2 aromatic heterocycles. The van der Waals surface area contributed by atoms with Gasteiger partial charge in [0.15, 0.2) is 0 Å². The van der Waals surface area contributed by atoms with Gasteiger partial charge < -0.3 is 9.47 Å². The molecule has 0 unspecified atom stereocenters. The van der Waals surface area contributed by atoms with Gasteiger partial charge in [-0.1, -0.05) is 18.2 Å². The third-order valence-corrected chi connectivity index (χ3v) is 4.94. The molecule has 0 spiro atoms. The first kappa shape index (κ1) is 20.8. The first-order valence-corrected chi connectivity index (χ1v) is 10.1. The second-order valence-corrected chi connectivity index (χ2v) is 8.46. The molecular formula is C23H25FN4O3. The Kier molecular flexibility index (Phi) is 5.39. The van der Waals surface area contributed by atoms with Crippen LogP contribution in [-0.2, 0) is 24.4 Å². The minimum atomic E-state index is -0.591. The first-order valence-electron chi connectivity index (χ1n) is 10.1. The van der Waals surface area contributed by atoms with Crippen molar-refractivity contribution in [1.29, 1.82) is 0 Å². The van der Waals surface area contributed by atoms with Crippen LogP contribution < -0.4 is 4.74 Å². The van der Waals surface area contributed by atoms with Gasteiger partial charge in [0.25, 0.3) is 0 Å². The Balaban J connectivity index is 1.69. The number of benzene rings is 1. The zero-order chi connectivity index (χ0) is 22.2. The van der Waals surface area contributed by atoms with Gasteiger partial charge in [-0.3, -0.25) is 9.58 Å². The first-order chi connectivity index (χ1) is 14.7. The average Bonchev–Trinajstić information content (AvgIpc) is 3.26. The second-order valence-electron chi connectivity index (χ2n) is 8.46. The minimum absolute atomic E-state index is 0.314. The summed E-state index contributed by atoms with van der Waals surface area (Å²) >= 11 is 0. The van der Waals surface area contributed by atoms with E-state index in [1.54, 1.807) is 47.2 Å². The third kappa shape index (κ3) is 4.38. The van der Waals surface area contributed by atoms with Crippen molar-refractivity contribution in [2.75, 3.05) is 7.11 Å². The predicted molar refractivity (Wildman–Crippen MR) is 113 cm³/mol. The Hall–Kier alpha value is -3.42. The van der Waals surface area contributed by atoms with Crippen molar-refractivity contribution in [3.8, 4) is 17.1 Å².